The third kappa shape index (κ3) is 2.08. The SMILES string of the molecule is CC(C)(C)C(=O)C(C)(C)C1=CCCC1. The summed E-state index contributed by atoms with van der Waals surface area (Å²) in [5, 5.41) is 0. The summed E-state index contributed by atoms with van der Waals surface area (Å²) in [5.41, 5.74) is 0.860. The number of allylic oxidation sites excluding steroid dienone is 2. The van der Waals surface area contributed by atoms with Crippen LogP contribution in [0, 0.1) is 10.8 Å². The Labute approximate surface area is 87.6 Å². The predicted octanol–water partition coefficient (Wildman–Crippen LogP) is 3.74. The lowest BCUT2D eigenvalue weighted by Crippen LogP contribution is -2.36. The normalized spacial score (nSPS) is 18.2. The highest BCUT2D eigenvalue weighted by molar-refractivity contribution is 5.91. The highest BCUT2D eigenvalue weighted by Crippen LogP contribution is 2.40. The van der Waals surface area contributed by atoms with Gasteiger partial charge in [0.2, 0.25) is 0 Å². The van der Waals surface area contributed by atoms with Gasteiger partial charge in [-0.25, -0.2) is 0 Å². The Kier molecular flexibility index (Phi) is 2.89. The van der Waals surface area contributed by atoms with Crippen LogP contribution in [-0.2, 0) is 4.79 Å². The second kappa shape index (κ2) is 3.52. The van der Waals surface area contributed by atoms with Gasteiger partial charge in [-0.05, 0) is 33.1 Å². The second-order valence-electron chi connectivity index (χ2n) is 5.83. The van der Waals surface area contributed by atoms with Gasteiger partial charge < -0.3 is 0 Å². The number of ketones is 1. The first-order valence-corrected chi connectivity index (χ1v) is 5.50. The number of hydrogen-bond donors (Lipinski definition) is 0. The van der Waals surface area contributed by atoms with Gasteiger partial charge in [0.15, 0.2) is 0 Å². The summed E-state index contributed by atoms with van der Waals surface area (Å²) in [6, 6.07) is 0. The smallest absolute Gasteiger partial charge is 0.147 e. The number of hydrogen-bond acceptors (Lipinski definition) is 1. The molecule has 1 aliphatic rings. The maximum absolute atomic E-state index is 12.2. The van der Waals surface area contributed by atoms with Crippen LogP contribution in [0.2, 0.25) is 0 Å². The monoisotopic (exact) mass is 194 g/mol. The molecule has 0 atom stereocenters. The molecular weight excluding hydrogens is 172 g/mol. The van der Waals surface area contributed by atoms with Crippen molar-refractivity contribution < 1.29 is 4.79 Å². The standard InChI is InChI=1S/C13H22O/c1-12(2,3)11(14)13(4,5)10-8-6-7-9-10/h8H,6-7,9H2,1-5H3. The van der Waals surface area contributed by atoms with Crippen LogP contribution in [0.4, 0.5) is 0 Å². The topological polar surface area (TPSA) is 17.1 Å². The average molecular weight is 194 g/mol. The average Bonchev–Trinajstić information content (AvgIpc) is 2.53. The fraction of sp³-hybridized carbons (Fsp3) is 0.769. The maximum Gasteiger partial charge on any atom is 0.147 e. The molecule has 1 heteroatoms. The zero-order valence-corrected chi connectivity index (χ0v) is 10.1. The Morgan fingerprint density at radius 1 is 1.21 bits per heavy atom. The molecule has 0 spiro atoms. The zero-order chi connectivity index (χ0) is 11.0. The second-order valence-corrected chi connectivity index (χ2v) is 5.83. The molecule has 0 unspecified atom stereocenters. The van der Waals surface area contributed by atoms with E-state index in [1.807, 2.05) is 20.8 Å². The van der Waals surface area contributed by atoms with Gasteiger partial charge in [0.25, 0.3) is 0 Å². The molecule has 0 amide bonds. The highest BCUT2D eigenvalue weighted by Gasteiger charge is 2.38. The van der Waals surface area contributed by atoms with Gasteiger partial charge in [0.05, 0.1) is 0 Å². The van der Waals surface area contributed by atoms with E-state index < -0.39 is 0 Å². The van der Waals surface area contributed by atoms with E-state index in [2.05, 4.69) is 19.9 Å². The Morgan fingerprint density at radius 2 is 1.79 bits per heavy atom. The van der Waals surface area contributed by atoms with Crippen LogP contribution in [0.15, 0.2) is 11.6 Å². The molecule has 0 aliphatic heterocycles. The fourth-order valence-electron chi connectivity index (χ4n) is 2.32. The van der Waals surface area contributed by atoms with Crippen LogP contribution in [0.3, 0.4) is 0 Å². The van der Waals surface area contributed by atoms with Gasteiger partial charge in [-0.15, -0.1) is 0 Å². The number of carbonyl (C=O) groups is 1. The first-order valence-electron chi connectivity index (χ1n) is 5.50. The largest absolute Gasteiger partial charge is 0.298 e. The molecule has 0 saturated carbocycles. The Balaban J connectivity index is 2.89. The molecule has 0 aromatic carbocycles. The van der Waals surface area contributed by atoms with Crippen molar-refractivity contribution in [3.8, 4) is 0 Å². The lowest BCUT2D eigenvalue weighted by molar-refractivity contribution is -0.133. The van der Waals surface area contributed by atoms with Crippen molar-refractivity contribution in [2.45, 2.75) is 53.9 Å². The number of Topliss-reactive ketones (excluding diaryl/α,β-unsaturated/α-hetero) is 1. The summed E-state index contributed by atoms with van der Waals surface area (Å²) < 4.78 is 0. The summed E-state index contributed by atoms with van der Waals surface area (Å²) in [7, 11) is 0. The van der Waals surface area contributed by atoms with Crippen molar-refractivity contribution in [1.82, 2.24) is 0 Å². The highest BCUT2D eigenvalue weighted by atomic mass is 16.1. The van der Waals surface area contributed by atoms with E-state index in [9.17, 15) is 4.79 Å². The number of carbonyl (C=O) groups excluding carboxylic acids is 1. The van der Waals surface area contributed by atoms with Crippen LogP contribution >= 0.6 is 0 Å². The molecule has 1 aliphatic carbocycles. The van der Waals surface area contributed by atoms with Crippen molar-refractivity contribution in [2.75, 3.05) is 0 Å². The zero-order valence-electron chi connectivity index (χ0n) is 10.1. The van der Waals surface area contributed by atoms with E-state index in [-0.39, 0.29) is 10.8 Å². The summed E-state index contributed by atoms with van der Waals surface area (Å²) in [6.07, 6.45) is 5.73. The van der Waals surface area contributed by atoms with E-state index in [4.69, 9.17) is 0 Å². The fourth-order valence-corrected chi connectivity index (χ4v) is 2.32. The molecule has 0 radical (unpaired) electrons. The van der Waals surface area contributed by atoms with E-state index in [0.717, 1.165) is 12.8 Å². The minimum Gasteiger partial charge on any atom is -0.298 e. The molecule has 0 heterocycles. The minimum atomic E-state index is -0.255. The molecule has 80 valence electrons. The Morgan fingerprint density at radius 3 is 2.14 bits per heavy atom. The van der Waals surface area contributed by atoms with Crippen molar-refractivity contribution >= 4 is 5.78 Å². The van der Waals surface area contributed by atoms with Crippen molar-refractivity contribution in [3.63, 3.8) is 0 Å². The molecule has 0 bridgehead atoms. The molecule has 14 heavy (non-hydrogen) atoms. The summed E-state index contributed by atoms with van der Waals surface area (Å²) in [4.78, 5) is 12.2. The van der Waals surface area contributed by atoms with E-state index >= 15 is 0 Å². The van der Waals surface area contributed by atoms with Crippen LogP contribution in [0.5, 0.6) is 0 Å². The van der Waals surface area contributed by atoms with Gasteiger partial charge in [0.1, 0.15) is 5.78 Å². The van der Waals surface area contributed by atoms with Crippen LogP contribution in [0.25, 0.3) is 0 Å². The van der Waals surface area contributed by atoms with Crippen LogP contribution < -0.4 is 0 Å². The van der Waals surface area contributed by atoms with E-state index in [1.165, 1.54) is 12.0 Å². The van der Waals surface area contributed by atoms with Crippen LogP contribution in [-0.4, -0.2) is 5.78 Å². The van der Waals surface area contributed by atoms with Gasteiger partial charge in [-0.2, -0.15) is 0 Å². The molecular formula is C13H22O. The Bertz CT molecular complexity index is 263. The summed E-state index contributed by atoms with van der Waals surface area (Å²) in [6.45, 7) is 10.2. The molecule has 0 fully saturated rings. The Hall–Kier alpha value is -0.590. The molecule has 1 rings (SSSR count). The lowest BCUT2D eigenvalue weighted by Gasteiger charge is -2.32. The third-order valence-corrected chi connectivity index (χ3v) is 3.09. The third-order valence-electron chi connectivity index (χ3n) is 3.09. The van der Waals surface area contributed by atoms with Gasteiger partial charge in [-0.3, -0.25) is 4.79 Å². The van der Waals surface area contributed by atoms with Crippen molar-refractivity contribution in [2.24, 2.45) is 10.8 Å². The van der Waals surface area contributed by atoms with Crippen LogP contribution in [0.1, 0.15) is 53.9 Å². The quantitative estimate of drug-likeness (QED) is 0.612. The van der Waals surface area contributed by atoms with E-state index in [0.29, 0.717) is 5.78 Å². The lowest BCUT2D eigenvalue weighted by atomic mass is 9.70. The molecule has 0 N–H and O–H groups in total. The van der Waals surface area contributed by atoms with Gasteiger partial charge >= 0.3 is 0 Å². The van der Waals surface area contributed by atoms with Crippen molar-refractivity contribution in [3.05, 3.63) is 11.6 Å². The number of rotatable bonds is 2. The molecule has 0 aromatic rings. The van der Waals surface area contributed by atoms with E-state index in [1.54, 1.807) is 0 Å². The maximum atomic E-state index is 12.2. The van der Waals surface area contributed by atoms with Gasteiger partial charge in [-0.1, -0.05) is 32.4 Å². The van der Waals surface area contributed by atoms with Gasteiger partial charge in [0, 0.05) is 10.8 Å². The predicted molar refractivity (Wildman–Crippen MR) is 60.2 cm³/mol. The summed E-state index contributed by atoms with van der Waals surface area (Å²) >= 11 is 0. The van der Waals surface area contributed by atoms with Crippen molar-refractivity contribution in [1.29, 1.82) is 0 Å². The first-order chi connectivity index (χ1) is 6.26. The molecule has 0 saturated heterocycles. The minimum absolute atomic E-state index is 0.229. The molecule has 1 nitrogen and oxygen atoms in total. The first kappa shape index (κ1) is 11.5. The summed E-state index contributed by atoms with van der Waals surface area (Å²) in [5.74, 6) is 0.359. The molecule has 0 aromatic heterocycles.